The topological polar surface area (TPSA) is 55.8 Å². The molecule has 18 heavy (non-hydrogen) atoms. The van der Waals surface area contributed by atoms with Gasteiger partial charge in [-0.2, -0.15) is 0 Å². The number of aliphatic carboxylic acids is 1. The van der Waals surface area contributed by atoms with Gasteiger partial charge in [-0.1, -0.05) is 18.2 Å². The molecular formula is C14H14O4. The Labute approximate surface area is 105 Å². The summed E-state index contributed by atoms with van der Waals surface area (Å²) in [5.41, 5.74) is 0.627. The predicted octanol–water partition coefficient (Wildman–Crippen LogP) is 2.62. The van der Waals surface area contributed by atoms with Gasteiger partial charge in [0.15, 0.2) is 6.10 Å². The fourth-order valence-electron chi connectivity index (χ4n) is 1.91. The van der Waals surface area contributed by atoms with Crippen LogP contribution in [0.3, 0.4) is 0 Å². The Morgan fingerprint density at radius 1 is 1.11 bits per heavy atom. The monoisotopic (exact) mass is 246 g/mol. The maximum atomic E-state index is 11.0. The SMILES string of the molecule is COc1ccc2cc(C(OC)C(=O)O)ccc2c1. The number of rotatable bonds is 4. The van der Waals surface area contributed by atoms with E-state index in [9.17, 15) is 4.79 Å². The first kappa shape index (κ1) is 12.4. The van der Waals surface area contributed by atoms with Crippen LogP contribution in [0.4, 0.5) is 0 Å². The van der Waals surface area contributed by atoms with E-state index in [0.29, 0.717) is 5.56 Å². The highest BCUT2D eigenvalue weighted by atomic mass is 16.5. The van der Waals surface area contributed by atoms with Crippen molar-refractivity contribution in [1.82, 2.24) is 0 Å². The van der Waals surface area contributed by atoms with E-state index in [0.717, 1.165) is 16.5 Å². The van der Waals surface area contributed by atoms with E-state index in [4.69, 9.17) is 14.6 Å². The average molecular weight is 246 g/mol. The number of hydrogen-bond acceptors (Lipinski definition) is 3. The maximum Gasteiger partial charge on any atom is 0.337 e. The lowest BCUT2D eigenvalue weighted by Crippen LogP contribution is -2.13. The van der Waals surface area contributed by atoms with Crippen molar-refractivity contribution in [1.29, 1.82) is 0 Å². The highest BCUT2D eigenvalue weighted by Gasteiger charge is 2.18. The first-order chi connectivity index (χ1) is 8.65. The van der Waals surface area contributed by atoms with Crippen molar-refractivity contribution >= 4 is 16.7 Å². The molecule has 2 aromatic rings. The molecule has 0 bridgehead atoms. The fourth-order valence-corrected chi connectivity index (χ4v) is 1.91. The van der Waals surface area contributed by atoms with Crippen molar-refractivity contribution in [2.75, 3.05) is 14.2 Å². The zero-order chi connectivity index (χ0) is 13.1. The summed E-state index contributed by atoms with van der Waals surface area (Å²) in [7, 11) is 3.00. The van der Waals surface area contributed by atoms with Crippen molar-refractivity contribution in [3.63, 3.8) is 0 Å². The first-order valence-electron chi connectivity index (χ1n) is 5.49. The Kier molecular flexibility index (Phi) is 3.48. The van der Waals surface area contributed by atoms with Crippen LogP contribution in [-0.2, 0) is 9.53 Å². The van der Waals surface area contributed by atoms with Gasteiger partial charge in [0.1, 0.15) is 5.75 Å². The summed E-state index contributed by atoms with van der Waals surface area (Å²) < 4.78 is 10.1. The molecule has 0 aromatic heterocycles. The number of carboxylic acid groups (broad SMARTS) is 1. The Morgan fingerprint density at radius 2 is 1.78 bits per heavy atom. The van der Waals surface area contributed by atoms with Crippen LogP contribution < -0.4 is 4.74 Å². The Hall–Kier alpha value is -2.07. The first-order valence-corrected chi connectivity index (χ1v) is 5.49. The van der Waals surface area contributed by atoms with Gasteiger partial charge in [-0.05, 0) is 34.5 Å². The van der Waals surface area contributed by atoms with Gasteiger partial charge >= 0.3 is 5.97 Å². The molecule has 0 spiro atoms. The van der Waals surface area contributed by atoms with E-state index in [2.05, 4.69) is 0 Å². The molecule has 0 amide bonds. The second kappa shape index (κ2) is 5.06. The quantitative estimate of drug-likeness (QED) is 0.901. The number of carboxylic acids is 1. The highest BCUT2D eigenvalue weighted by Crippen LogP contribution is 2.25. The van der Waals surface area contributed by atoms with Gasteiger partial charge in [0.25, 0.3) is 0 Å². The van der Waals surface area contributed by atoms with Gasteiger partial charge in [0.2, 0.25) is 0 Å². The van der Waals surface area contributed by atoms with Gasteiger partial charge in [0, 0.05) is 7.11 Å². The lowest BCUT2D eigenvalue weighted by atomic mass is 10.0. The number of hydrogen-bond donors (Lipinski definition) is 1. The Morgan fingerprint density at radius 3 is 2.39 bits per heavy atom. The lowest BCUT2D eigenvalue weighted by molar-refractivity contribution is -0.148. The van der Waals surface area contributed by atoms with Crippen LogP contribution in [0.5, 0.6) is 5.75 Å². The molecule has 0 aliphatic carbocycles. The second-order valence-corrected chi connectivity index (χ2v) is 3.93. The van der Waals surface area contributed by atoms with Crippen LogP contribution in [0.2, 0.25) is 0 Å². The molecule has 1 unspecified atom stereocenters. The summed E-state index contributed by atoms with van der Waals surface area (Å²) in [5.74, 6) is -0.220. The molecule has 1 N–H and O–H groups in total. The van der Waals surface area contributed by atoms with Gasteiger partial charge in [-0.3, -0.25) is 0 Å². The molecule has 2 rings (SSSR count). The number of fused-ring (bicyclic) bond motifs is 1. The van der Waals surface area contributed by atoms with Crippen molar-refractivity contribution in [3.05, 3.63) is 42.0 Å². The van der Waals surface area contributed by atoms with Crippen LogP contribution in [0, 0.1) is 0 Å². The summed E-state index contributed by atoms with van der Waals surface area (Å²) in [6.45, 7) is 0. The molecule has 2 aromatic carbocycles. The summed E-state index contributed by atoms with van der Waals surface area (Å²) in [5, 5.41) is 11.0. The van der Waals surface area contributed by atoms with Gasteiger partial charge in [0.05, 0.1) is 7.11 Å². The minimum atomic E-state index is -0.995. The summed E-state index contributed by atoms with van der Waals surface area (Å²) in [6, 6.07) is 11.1. The number of benzene rings is 2. The molecule has 4 heteroatoms. The van der Waals surface area contributed by atoms with Crippen molar-refractivity contribution in [2.24, 2.45) is 0 Å². The minimum Gasteiger partial charge on any atom is -0.497 e. The Balaban J connectivity index is 2.47. The third-order valence-corrected chi connectivity index (χ3v) is 2.83. The van der Waals surface area contributed by atoms with E-state index in [-0.39, 0.29) is 0 Å². The van der Waals surface area contributed by atoms with Crippen LogP contribution in [0.15, 0.2) is 36.4 Å². The largest absolute Gasteiger partial charge is 0.497 e. The van der Waals surface area contributed by atoms with E-state index < -0.39 is 12.1 Å². The molecule has 0 saturated carbocycles. The van der Waals surface area contributed by atoms with E-state index in [1.54, 1.807) is 13.2 Å². The lowest BCUT2D eigenvalue weighted by Gasteiger charge is -2.11. The molecule has 0 aliphatic rings. The van der Waals surface area contributed by atoms with Gasteiger partial charge in [-0.15, -0.1) is 0 Å². The zero-order valence-electron chi connectivity index (χ0n) is 10.2. The van der Waals surface area contributed by atoms with E-state index in [1.165, 1.54) is 7.11 Å². The molecule has 0 saturated heterocycles. The van der Waals surface area contributed by atoms with Crippen LogP contribution in [0.1, 0.15) is 11.7 Å². The number of ether oxygens (including phenoxy) is 2. The second-order valence-electron chi connectivity index (χ2n) is 3.93. The molecule has 0 radical (unpaired) electrons. The minimum absolute atomic E-state index is 0.627. The third kappa shape index (κ3) is 2.28. The van der Waals surface area contributed by atoms with Crippen LogP contribution >= 0.6 is 0 Å². The molecule has 0 heterocycles. The third-order valence-electron chi connectivity index (χ3n) is 2.83. The smallest absolute Gasteiger partial charge is 0.337 e. The molecule has 4 nitrogen and oxygen atoms in total. The van der Waals surface area contributed by atoms with E-state index >= 15 is 0 Å². The van der Waals surface area contributed by atoms with Gasteiger partial charge in [-0.25, -0.2) is 4.79 Å². The van der Waals surface area contributed by atoms with Crippen molar-refractivity contribution in [3.8, 4) is 5.75 Å². The van der Waals surface area contributed by atoms with Crippen molar-refractivity contribution < 1.29 is 19.4 Å². The number of methoxy groups -OCH3 is 2. The van der Waals surface area contributed by atoms with Crippen LogP contribution in [-0.4, -0.2) is 25.3 Å². The maximum absolute atomic E-state index is 11.0. The average Bonchev–Trinajstić information content (AvgIpc) is 2.38. The predicted molar refractivity (Wildman–Crippen MR) is 67.9 cm³/mol. The normalized spacial score (nSPS) is 12.3. The highest BCUT2D eigenvalue weighted by molar-refractivity contribution is 5.86. The molecular weight excluding hydrogens is 232 g/mol. The fraction of sp³-hybridized carbons (Fsp3) is 0.214. The summed E-state index contributed by atoms with van der Waals surface area (Å²) in [6.07, 6.45) is -0.934. The van der Waals surface area contributed by atoms with E-state index in [1.807, 2.05) is 30.3 Å². The van der Waals surface area contributed by atoms with Crippen LogP contribution in [0.25, 0.3) is 10.8 Å². The molecule has 94 valence electrons. The summed E-state index contributed by atoms with van der Waals surface area (Å²) in [4.78, 5) is 11.0. The number of carbonyl (C=O) groups is 1. The zero-order valence-corrected chi connectivity index (χ0v) is 10.2. The Bertz CT molecular complexity index is 577. The van der Waals surface area contributed by atoms with Crippen molar-refractivity contribution in [2.45, 2.75) is 6.10 Å². The standard InChI is InChI=1S/C14H14O4/c1-17-12-6-5-9-7-11(4-3-10(9)8-12)13(18-2)14(15)16/h3-8,13H,1-2H3,(H,15,16). The molecule has 1 atom stereocenters. The molecule has 0 fully saturated rings. The van der Waals surface area contributed by atoms with Gasteiger partial charge < -0.3 is 14.6 Å². The summed E-state index contributed by atoms with van der Waals surface area (Å²) >= 11 is 0. The molecule has 0 aliphatic heterocycles.